The molecule has 1 aromatic heterocycles. The maximum absolute atomic E-state index is 12.7. The first-order valence-corrected chi connectivity index (χ1v) is 10.1. The van der Waals surface area contributed by atoms with Gasteiger partial charge in [0.2, 0.25) is 5.91 Å². The largest absolute Gasteiger partial charge is 0.465 e. The van der Waals surface area contributed by atoms with Crippen molar-refractivity contribution in [2.75, 3.05) is 25.5 Å². The fraction of sp³-hybridized carbons (Fsp3) is 0.700. The minimum Gasteiger partial charge on any atom is -0.465 e. The van der Waals surface area contributed by atoms with Crippen LogP contribution in [0, 0.1) is 24.7 Å². The molecule has 2 fully saturated rings. The summed E-state index contributed by atoms with van der Waals surface area (Å²) in [5.74, 6) is -0.446. The number of nitrogens with one attached hydrogen (secondary N) is 1. The Hall–Kier alpha value is -1.40. The van der Waals surface area contributed by atoms with Crippen molar-refractivity contribution in [2.24, 2.45) is 10.8 Å². The predicted octanol–water partition coefficient (Wildman–Crippen LogP) is 3.99. The van der Waals surface area contributed by atoms with Crippen LogP contribution in [0.4, 0.5) is 5.00 Å². The van der Waals surface area contributed by atoms with Crippen LogP contribution in [0.15, 0.2) is 0 Å². The molecule has 2 bridgehead atoms. The highest BCUT2D eigenvalue weighted by Gasteiger charge is 2.49. The molecular weight excluding hydrogens is 348 g/mol. The van der Waals surface area contributed by atoms with Gasteiger partial charge in [-0.25, -0.2) is 4.79 Å². The molecule has 0 radical (unpaired) electrons. The number of ether oxygens (including phenoxy) is 1. The smallest absolute Gasteiger partial charge is 0.341 e. The molecule has 1 amide bonds. The summed E-state index contributed by atoms with van der Waals surface area (Å²) in [6, 6.07) is 0.474. The maximum atomic E-state index is 12.7. The Kier molecular flexibility index (Phi) is 4.95. The van der Waals surface area contributed by atoms with E-state index >= 15 is 0 Å². The van der Waals surface area contributed by atoms with Gasteiger partial charge in [-0.3, -0.25) is 9.69 Å². The molecule has 0 spiro atoms. The van der Waals surface area contributed by atoms with Gasteiger partial charge in [-0.05, 0) is 49.5 Å². The van der Waals surface area contributed by atoms with E-state index in [1.807, 2.05) is 13.8 Å². The molecule has 2 aliphatic rings. The molecule has 5 nitrogen and oxygen atoms in total. The van der Waals surface area contributed by atoms with E-state index in [9.17, 15) is 9.59 Å². The number of rotatable bonds is 4. The predicted molar refractivity (Wildman–Crippen MR) is 105 cm³/mol. The second-order valence-electron chi connectivity index (χ2n) is 9.15. The van der Waals surface area contributed by atoms with E-state index < -0.39 is 5.97 Å². The number of anilines is 1. The number of aryl methyl sites for hydroxylation is 1. The summed E-state index contributed by atoms with van der Waals surface area (Å²) in [4.78, 5) is 28.1. The van der Waals surface area contributed by atoms with Gasteiger partial charge in [0.05, 0.1) is 19.2 Å². The second-order valence-corrected chi connectivity index (χ2v) is 10.4. The second kappa shape index (κ2) is 6.64. The average molecular weight is 379 g/mol. The van der Waals surface area contributed by atoms with Crippen molar-refractivity contribution >= 4 is 28.2 Å². The molecule has 2 heterocycles. The lowest BCUT2D eigenvalue weighted by Crippen LogP contribution is -2.38. The van der Waals surface area contributed by atoms with E-state index in [1.165, 1.54) is 31.3 Å². The molecule has 0 aromatic carbocycles. The molecular formula is C20H30N2O3S. The molecule has 144 valence electrons. The highest BCUT2D eigenvalue weighted by atomic mass is 32.1. The number of fused-ring (bicyclic) bond motifs is 2. The summed E-state index contributed by atoms with van der Waals surface area (Å²) in [6.45, 7) is 12.2. The Morgan fingerprint density at radius 3 is 2.62 bits per heavy atom. The number of amides is 1. The zero-order chi connectivity index (χ0) is 19.3. The van der Waals surface area contributed by atoms with Crippen molar-refractivity contribution in [1.82, 2.24) is 4.90 Å². The molecule has 1 N–H and O–H groups in total. The Morgan fingerprint density at radius 2 is 1.96 bits per heavy atom. The van der Waals surface area contributed by atoms with Crippen molar-refractivity contribution in [3.05, 3.63) is 16.0 Å². The van der Waals surface area contributed by atoms with Gasteiger partial charge < -0.3 is 10.1 Å². The number of nitrogens with zero attached hydrogens (tertiary/aromatic N) is 1. The quantitative estimate of drug-likeness (QED) is 0.805. The van der Waals surface area contributed by atoms with Crippen LogP contribution in [0.5, 0.6) is 0 Å². The SMILES string of the molecule is COC(=O)c1c(NC(=O)CN2C[C@@]3(C)C[C@@H]2CC(C)(C)C3)sc(C)c1C. The molecule has 0 unspecified atom stereocenters. The first kappa shape index (κ1) is 19.4. The third-order valence-electron chi connectivity index (χ3n) is 5.90. The number of likely N-dealkylation sites (tertiary alicyclic amines) is 1. The van der Waals surface area contributed by atoms with Crippen molar-refractivity contribution in [1.29, 1.82) is 0 Å². The Morgan fingerprint density at radius 1 is 1.27 bits per heavy atom. The highest BCUT2D eigenvalue weighted by molar-refractivity contribution is 7.16. The highest BCUT2D eigenvalue weighted by Crippen LogP contribution is 2.52. The Balaban J connectivity index is 1.71. The van der Waals surface area contributed by atoms with E-state index in [4.69, 9.17) is 4.74 Å². The van der Waals surface area contributed by atoms with Crippen LogP contribution >= 0.6 is 11.3 Å². The summed E-state index contributed by atoms with van der Waals surface area (Å²) >= 11 is 1.44. The third kappa shape index (κ3) is 3.67. The molecule has 6 heteroatoms. The number of thiophene rings is 1. The lowest BCUT2D eigenvalue weighted by molar-refractivity contribution is -0.117. The summed E-state index contributed by atoms with van der Waals surface area (Å²) < 4.78 is 4.89. The Labute approximate surface area is 160 Å². The lowest BCUT2D eigenvalue weighted by Gasteiger charge is -2.39. The van der Waals surface area contributed by atoms with Gasteiger partial charge in [0, 0.05) is 17.5 Å². The third-order valence-corrected chi connectivity index (χ3v) is 7.02. The van der Waals surface area contributed by atoms with E-state index in [0.717, 1.165) is 23.4 Å². The summed E-state index contributed by atoms with van der Waals surface area (Å²) in [7, 11) is 1.37. The number of carbonyl (C=O) groups excluding carboxylic acids is 2. The first-order valence-electron chi connectivity index (χ1n) is 9.26. The van der Waals surface area contributed by atoms with E-state index in [-0.39, 0.29) is 5.91 Å². The van der Waals surface area contributed by atoms with Gasteiger partial charge >= 0.3 is 5.97 Å². The van der Waals surface area contributed by atoms with E-state index in [0.29, 0.717) is 34.0 Å². The average Bonchev–Trinajstić information content (AvgIpc) is 2.90. The molecule has 1 saturated heterocycles. The standard InChI is InChI=1S/C20H30N2O3S/c1-12-13(2)26-17(16(12)18(24)25-6)21-15(23)9-22-11-20(5)8-14(22)7-19(3,4)10-20/h14H,7-11H2,1-6H3,(H,21,23)/t14-,20-/m0/s1. The van der Waals surface area contributed by atoms with Crippen LogP contribution in [0.2, 0.25) is 0 Å². The number of esters is 1. The van der Waals surface area contributed by atoms with Crippen molar-refractivity contribution in [3.8, 4) is 0 Å². The Bertz CT molecular complexity index is 740. The van der Waals surface area contributed by atoms with E-state index in [1.54, 1.807) is 0 Å². The van der Waals surface area contributed by atoms with Gasteiger partial charge in [0.15, 0.2) is 0 Å². The van der Waals surface area contributed by atoms with Crippen LogP contribution in [0.25, 0.3) is 0 Å². The van der Waals surface area contributed by atoms with Crippen LogP contribution < -0.4 is 5.32 Å². The van der Waals surface area contributed by atoms with E-state index in [2.05, 4.69) is 31.0 Å². The summed E-state index contributed by atoms with van der Waals surface area (Å²) in [6.07, 6.45) is 3.53. The van der Waals surface area contributed by atoms with Gasteiger partial charge in [-0.2, -0.15) is 0 Å². The lowest BCUT2D eigenvalue weighted by atomic mass is 9.65. The van der Waals surface area contributed by atoms with Crippen LogP contribution in [0.3, 0.4) is 0 Å². The van der Waals surface area contributed by atoms with Crippen molar-refractivity contribution in [3.63, 3.8) is 0 Å². The first-order chi connectivity index (χ1) is 12.0. The van der Waals surface area contributed by atoms with Crippen molar-refractivity contribution in [2.45, 2.75) is 59.9 Å². The summed E-state index contributed by atoms with van der Waals surface area (Å²) in [5, 5.41) is 3.57. The number of hydrogen-bond acceptors (Lipinski definition) is 5. The molecule has 1 aromatic rings. The minimum atomic E-state index is -0.395. The molecule has 3 rings (SSSR count). The van der Waals surface area contributed by atoms with Crippen LogP contribution in [-0.4, -0.2) is 43.0 Å². The number of methoxy groups -OCH3 is 1. The topological polar surface area (TPSA) is 58.6 Å². The summed E-state index contributed by atoms with van der Waals surface area (Å²) in [5.41, 5.74) is 2.00. The molecule has 1 saturated carbocycles. The molecule has 1 aliphatic heterocycles. The normalized spacial score (nSPS) is 27.4. The molecule has 26 heavy (non-hydrogen) atoms. The molecule has 2 atom stereocenters. The fourth-order valence-corrected chi connectivity index (χ4v) is 6.24. The van der Waals surface area contributed by atoms with Gasteiger partial charge in [-0.1, -0.05) is 20.8 Å². The zero-order valence-electron chi connectivity index (χ0n) is 16.7. The number of hydrogen-bond donors (Lipinski definition) is 1. The fourth-order valence-electron chi connectivity index (χ4n) is 5.18. The molecule has 1 aliphatic carbocycles. The van der Waals surface area contributed by atoms with Crippen molar-refractivity contribution < 1.29 is 14.3 Å². The van der Waals surface area contributed by atoms with Gasteiger partial charge in [0.1, 0.15) is 5.00 Å². The van der Waals surface area contributed by atoms with Crippen LogP contribution in [0.1, 0.15) is 60.8 Å². The maximum Gasteiger partial charge on any atom is 0.341 e. The zero-order valence-corrected chi connectivity index (χ0v) is 17.5. The minimum absolute atomic E-state index is 0.0506. The number of carbonyl (C=O) groups is 2. The van der Waals surface area contributed by atoms with Crippen LogP contribution in [-0.2, 0) is 9.53 Å². The van der Waals surface area contributed by atoms with Gasteiger partial charge in [-0.15, -0.1) is 11.3 Å². The van der Waals surface area contributed by atoms with Gasteiger partial charge in [0.25, 0.3) is 0 Å². The monoisotopic (exact) mass is 378 g/mol.